The van der Waals surface area contributed by atoms with Gasteiger partial charge in [-0.2, -0.15) is 23.8 Å². The zero-order valence-corrected chi connectivity index (χ0v) is 62.0. The summed E-state index contributed by atoms with van der Waals surface area (Å²) < 4.78 is 28.3. The summed E-state index contributed by atoms with van der Waals surface area (Å²) in [6, 6.07) is 0. The Balaban J connectivity index is 0.000000491. The second-order valence-corrected chi connectivity index (χ2v) is 25.6. The first kappa shape index (κ1) is 79.9. The number of thiazole rings is 3. The van der Waals surface area contributed by atoms with Crippen molar-refractivity contribution in [2.75, 3.05) is 0 Å². The standard InChI is InChI=1S/3C6H9NS.3C5H9N3.3C4H6N2O.2C4H6N2S.C3H6N4/c3*1-4-5(2)8-6(3)7-4;1-4-6-5(2)8(3)7-4;2*1-4-5(2)8(3)7-6-4;2*1-3-5-4(2)7-6-3;1-3-4(2)6-7-5-3;2*1-3-5-4(2)7-6-3;1-3-4-5-6-7(3)2/h6*1-3H3;6*1-2H3. The fourth-order valence-corrected chi connectivity index (χ4v) is 9.10. The van der Waals surface area contributed by atoms with Gasteiger partial charge in [-0.05, 0) is 200 Å². The van der Waals surface area contributed by atoms with Crippen molar-refractivity contribution in [2.24, 2.45) is 28.2 Å². The van der Waals surface area contributed by atoms with E-state index in [1.807, 2.05) is 153 Å². The third-order valence-corrected chi connectivity index (χ3v) is 15.8. The van der Waals surface area contributed by atoms with Crippen LogP contribution in [0.1, 0.15) is 143 Å². The van der Waals surface area contributed by atoms with Crippen LogP contribution in [0.15, 0.2) is 13.7 Å². The highest BCUT2D eigenvalue weighted by Crippen LogP contribution is 2.16. The smallest absolute Gasteiger partial charge is 0.223 e. The van der Waals surface area contributed by atoms with Gasteiger partial charge in [0.05, 0.1) is 54.9 Å². The van der Waals surface area contributed by atoms with Crippen LogP contribution in [-0.4, -0.2) is 129 Å². The molecule has 0 aliphatic carbocycles. The fraction of sp³-hybridized carbons (Fsp3) is 0.536. The van der Waals surface area contributed by atoms with Gasteiger partial charge < -0.3 is 9.05 Å². The Labute approximate surface area is 548 Å². The first-order chi connectivity index (χ1) is 42.0. The average Bonchev–Trinajstić information content (AvgIpc) is 4.43. The van der Waals surface area contributed by atoms with Crippen molar-refractivity contribution in [2.45, 2.75) is 180 Å². The molecule has 0 aliphatic heterocycles. The highest BCUT2D eigenvalue weighted by molar-refractivity contribution is 7.12. The molecule has 0 atom stereocenters. The van der Waals surface area contributed by atoms with Crippen LogP contribution in [0.25, 0.3) is 0 Å². The first-order valence-electron chi connectivity index (χ1n) is 27.7. The molecule has 0 bridgehead atoms. The Hall–Kier alpha value is -8.08. The summed E-state index contributed by atoms with van der Waals surface area (Å²) in [5, 5.41) is 49.5. The zero-order chi connectivity index (χ0) is 68.5. The molecule has 0 saturated heterocycles. The SMILES string of the molecule is Cc1nc(C)c(C)s1.Cc1nc(C)c(C)s1.Cc1nc(C)c(C)s1.Cc1nc(C)n(C)n1.Cc1nnn(C)c1C.Cc1nnn(C)c1C.Cc1nnnn1C.Cc1noc(C)n1.Cc1noc(C)n1.Cc1nonc1C.Cc1nsc(C)n1.Cc1nsc(C)n1. The molecule has 0 amide bonds. The molecule has 0 spiro atoms. The van der Waals surface area contributed by atoms with Gasteiger partial charge in [0.2, 0.25) is 11.8 Å². The normalized spacial score (nSPS) is 9.67. The Bertz CT molecular complexity index is 3250. The molecule has 0 saturated carbocycles. The molecule has 12 heterocycles. The van der Waals surface area contributed by atoms with Crippen LogP contribution in [0.5, 0.6) is 0 Å². The lowest BCUT2D eigenvalue weighted by Gasteiger charge is -1.87. The molecule has 34 heteroatoms. The molecule has 0 N–H and O–H groups in total. The number of aromatic nitrogens is 26. The molecule has 0 fully saturated rings. The van der Waals surface area contributed by atoms with Crippen LogP contribution < -0.4 is 0 Å². The summed E-state index contributed by atoms with van der Waals surface area (Å²) in [5.41, 5.74) is 9.52. The molecule has 492 valence electrons. The number of hydrogen-bond acceptors (Lipinski definition) is 30. The Kier molecular flexibility index (Phi) is 36.6. The van der Waals surface area contributed by atoms with E-state index in [-0.39, 0.29) is 0 Å². The minimum Gasteiger partial charge on any atom is -0.340 e. The van der Waals surface area contributed by atoms with Gasteiger partial charge >= 0.3 is 0 Å². The molecule has 12 rings (SSSR count). The third kappa shape index (κ3) is 33.5. The van der Waals surface area contributed by atoms with Gasteiger partial charge in [-0.25, -0.2) is 39.2 Å². The van der Waals surface area contributed by atoms with E-state index in [0.29, 0.717) is 23.4 Å². The summed E-state index contributed by atoms with van der Waals surface area (Å²) >= 11 is 8.16. The second-order valence-electron chi connectivity index (χ2n) is 19.4. The van der Waals surface area contributed by atoms with E-state index in [1.54, 1.807) is 87.5 Å². The molecule has 12 aromatic heterocycles. The van der Waals surface area contributed by atoms with Crippen molar-refractivity contribution in [1.29, 1.82) is 0 Å². The number of hydrogen-bond donors (Lipinski definition) is 0. The highest BCUT2D eigenvalue weighted by atomic mass is 32.1. The average molecular weight is 1340 g/mol. The molecule has 12 aromatic rings. The predicted molar refractivity (Wildman–Crippen MR) is 354 cm³/mol. The van der Waals surface area contributed by atoms with Crippen molar-refractivity contribution in [3.8, 4) is 0 Å². The molecule has 0 aromatic carbocycles. The molecule has 90 heavy (non-hydrogen) atoms. The van der Waals surface area contributed by atoms with Crippen molar-refractivity contribution >= 4 is 57.1 Å². The monoisotopic (exact) mass is 1330 g/mol. The van der Waals surface area contributed by atoms with Gasteiger partial charge in [0.15, 0.2) is 11.6 Å². The Morgan fingerprint density at radius 3 is 0.744 bits per heavy atom. The first-order valence-corrected chi connectivity index (χ1v) is 31.7. The second kappa shape index (κ2) is 41.3. The molecule has 0 aliphatic rings. The number of aryl methyl sites for hydroxylation is 28. The maximum Gasteiger partial charge on any atom is 0.223 e. The van der Waals surface area contributed by atoms with Crippen molar-refractivity contribution in [3.05, 3.63) is 143 Å². The van der Waals surface area contributed by atoms with Crippen LogP contribution in [0.4, 0.5) is 0 Å². The van der Waals surface area contributed by atoms with Crippen molar-refractivity contribution in [3.63, 3.8) is 0 Å². The van der Waals surface area contributed by atoms with E-state index in [2.05, 4.69) is 145 Å². The predicted octanol–water partition coefficient (Wildman–Crippen LogP) is 11.4. The summed E-state index contributed by atoms with van der Waals surface area (Å²) in [6.07, 6.45) is 0. The molecular formula is C56H90N26O3S5. The number of rotatable bonds is 0. The van der Waals surface area contributed by atoms with Gasteiger partial charge in [0.1, 0.15) is 50.5 Å². The Morgan fingerprint density at radius 2 is 0.667 bits per heavy atom. The maximum absolute atomic E-state index is 4.60. The van der Waals surface area contributed by atoms with Crippen LogP contribution in [0.3, 0.4) is 0 Å². The minimum absolute atomic E-state index is 0.623. The number of tetrazole rings is 1. The Morgan fingerprint density at radius 1 is 0.300 bits per heavy atom. The van der Waals surface area contributed by atoms with E-state index in [4.69, 9.17) is 0 Å². The summed E-state index contributed by atoms with van der Waals surface area (Å²) in [7, 11) is 7.45. The van der Waals surface area contributed by atoms with E-state index < -0.39 is 0 Å². The van der Waals surface area contributed by atoms with Gasteiger partial charge in [-0.3, -0.25) is 14.0 Å². The number of nitrogens with zero attached hydrogens (tertiary/aromatic N) is 26. The fourth-order valence-electron chi connectivity index (χ4n) is 5.69. The van der Waals surface area contributed by atoms with Gasteiger partial charge in [0.25, 0.3) is 0 Å². The van der Waals surface area contributed by atoms with E-state index in [0.717, 1.165) is 73.3 Å². The summed E-state index contributed by atoms with van der Waals surface area (Å²) in [6.45, 7) is 50.5. The van der Waals surface area contributed by atoms with Gasteiger partial charge in [0, 0.05) is 56.7 Å². The lowest BCUT2D eigenvalue weighted by molar-refractivity contribution is 0.302. The maximum atomic E-state index is 4.60. The molecular weight excluding hydrogens is 1250 g/mol. The van der Waals surface area contributed by atoms with Crippen LogP contribution in [-0.2, 0) is 28.2 Å². The summed E-state index contributed by atoms with van der Waals surface area (Å²) in [5.74, 6) is 7.02. The van der Waals surface area contributed by atoms with E-state index in [1.165, 1.54) is 69.8 Å². The third-order valence-electron chi connectivity index (χ3n) is 11.4. The van der Waals surface area contributed by atoms with E-state index in [9.17, 15) is 0 Å². The minimum atomic E-state index is 0.623. The highest BCUT2D eigenvalue weighted by Gasteiger charge is 2.01. The largest absolute Gasteiger partial charge is 0.340 e. The lowest BCUT2D eigenvalue weighted by Crippen LogP contribution is -1.92. The summed E-state index contributed by atoms with van der Waals surface area (Å²) in [4.78, 5) is 36.5. The quantitative estimate of drug-likeness (QED) is 0.136. The lowest BCUT2D eigenvalue weighted by atomic mass is 10.4. The van der Waals surface area contributed by atoms with Gasteiger partial charge in [-0.15, -0.1) is 49.3 Å². The topological polar surface area (TPSA) is 343 Å². The zero-order valence-electron chi connectivity index (χ0n) is 57.9. The molecule has 0 radical (unpaired) electrons. The van der Waals surface area contributed by atoms with Crippen molar-refractivity contribution in [1.82, 2.24) is 129 Å². The van der Waals surface area contributed by atoms with Crippen LogP contribution in [0.2, 0.25) is 0 Å². The van der Waals surface area contributed by atoms with Crippen molar-refractivity contribution < 1.29 is 13.7 Å². The van der Waals surface area contributed by atoms with Crippen LogP contribution in [0, 0.1) is 180 Å². The van der Waals surface area contributed by atoms with Gasteiger partial charge in [-0.1, -0.05) is 31.1 Å². The van der Waals surface area contributed by atoms with Crippen LogP contribution >= 0.6 is 57.1 Å². The molecule has 0 unspecified atom stereocenters. The molecule has 29 nitrogen and oxygen atoms in total. The van der Waals surface area contributed by atoms with E-state index >= 15 is 0 Å².